The highest BCUT2D eigenvalue weighted by atomic mass is 19.4. The van der Waals surface area contributed by atoms with E-state index < -0.39 is 35.8 Å². The summed E-state index contributed by atoms with van der Waals surface area (Å²) in [4.78, 5) is 45.1. The number of hydrogen-bond donors (Lipinski definition) is 2. The molecule has 0 radical (unpaired) electrons. The normalized spacial score (nSPS) is 18.4. The molecule has 4 amide bonds. The van der Waals surface area contributed by atoms with Gasteiger partial charge in [-0.2, -0.15) is 13.2 Å². The molecule has 2 aromatic rings. The molecule has 2 aliphatic rings. The van der Waals surface area contributed by atoms with Gasteiger partial charge >= 0.3 is 12.2 Å². The quantitative estimate of drug-likeness (QED) is 0.509. The van der Waals surface area contributed by atoms with Crippen LogP contribution >= 0.6 is 0 Å². The zero-order valence-corrected chi connectivity index (χ0v) is 22.1. The van der Waals surface area contributed by atoms with Gasteiger partial charge in [-0.05, 0) is 38.2 Å². The summed E-state index contributed by atoms with van der Waals surface area (Å²) in [5, 5.41) is 5.49. The average molecular weight is 544 g/mol. The minimum atomic E-state index is -4.69. The third-order valence-corrected chi connectivity index (χ3v) is 6.95. The Labute approximate surface area is 225 Å². The molecular weight excluding hydrogens is 511 g/mol. The second kappa shape index (κ2) is 11.5. The largest absolute Gasteiger partial charge is 0.416 e. The molecule has 2 N–H and O–H groups in total. The number of nitrogens with zero attached hydrogens (tertiary/aromatic N) is 3. The molecule has 0 spiro atoms. The number of alkyl halides is 3. The van der Waals surface area contributed by atoms with E-state index in [1.54, 1.807) is 6.92 Å². The summed E-state index contributed by atoms with van der Waals surface area (Å²) in [5.74, 6) is -0.947. The van der Waals surface area contributed by atoms with Crippen LogP contribution in [0.25, 0.3) is 0 Å². The number of benzene rings is 2. The number of rotatable bonds is 9. The van der Waals surface area contributed by atoms with E-state index in [0.717, 1.165) is 11.6 Å². The summed E-state index contributed by atoms with van der Waals surface area (Å²) in [5.41, 5.74) is 0.0376. The smallest absolute Gasteiger partial charge is 0.353 e. The van der Waals surface area contributed by atoms with Gasteiger partial charge in [0.1, 0.15) is 6.04 Å². The molecule has 0 aromatic heterocycles. The first-order valence-electron chi connectivity index (χ1n) is 12.8. The zero-order chi connectivity index (χ0) is 28.3. The summed E-state index contributed by atoms with van der Waals surface area (Å²) in [7, 11) is 3.75. The first-order chi connectivity index (χ1) is 18.5. The fourth-order valence-electron chi connectivity index (χ4n) is 5.04. The summed E-state index contributed by atoms with van der Waals surface area (Å²) >= 11 is 0. The van der Waals surface area contributed by atoms with Gasteiger partial charge in [-0.15, -0.1) is 0 Å². The van der Waals surface area contributed by atoms with Gasteiger partial charge in [0.15, 0.2) is 0 Å². The highest BCUT2D eigenvalue weighted by molar-refractivity contribution is 6.03. The van der Waals surface area contributed by atoms with Crippen LogP contribution in [0.5, 0.6) is 0 Å². The van der Waals surface area contributed by atoms with Crippen molar-refractivity contribution in [2.24, 2.45) is 0 Å². The number of carbonyl (C=O) groups is 3. The monoisotopic (exact) mass is 543 g/mol. The molecule has 0 saturated heterocycles. The Morgan fingerprint density at radius 3 is 2.41 bits per heavy atom. The van der Waals surface area contributed by atoms with Crippen molar-refractivity contribution in [2.75, 3.05) is 40.3 Å². The lowest BCUT2D eigenvalue weighted by atomic mass is 9.91. The van der Waals surface area contributed by atoms with Gasteiger partial charge in [0.05, 0.1) is 29.4 Å². The van der Waals surface area contributed by atoms with Gasteiger partial charge in [-0.25, -0.2) is 4.79 Å². The summed E-state index contributed by atoms with van der Waals surface area (Å²) < 4.78 is 41.8. The second-order valence-electron chi connectivity index (χ2n) is 9.81. The van der Waals surface area contributed by atoms with Crippen molar-refractivity contribution in [3.63, 3.8) is 0 Å². The second-order valence-corrected chi connectivity index (χ2v) is 9.81. The van der Waals surface area contributed by atoms with Crippen molar-refractivity contribution >= 4 is 17.8 Å². The highest BCUT2D eigenvalue weighted by Crippen LogP contribution is 2.42. The molecule has 2 aliphatic heterocycles. The average Bonchev–Trinajstić information content (AvgIpc) is 3.23. The maximum absolute atomic E-state index is 14.0. The maximum atomic E-state index is 14.0. The summed E-state index contributed by atoms with van der Waals surface area (Å²) in [6, 6.07) is 11.3. The third-order valence-electron chi connectivity index (χ3n) is 6.95. The lowest BCUT2D eigenvalue weighted by molar-refractivity contribution is -0.138. The van der Waals surface area contributed by atoms with Crippen LogP contribution in [0.3, 0.4) is 0 Å². The van der Waals surface area contributed by atoms with Crippen molar-refractivity contribution in [2.45, 2.75) is 31.6 Å². The molecular formula is C28H32F3N5O3. The number of carbonyl (C=O) groups excluding carboxylic acids is 3. The Morgan fingerprint density at radius 2 is 1.77 bits per heavy atom. The van der Waals surface area contributed by atoms with Crippen LogP contribution in [0.1, 0.15) is 29.7 Å². The van der Waals surface area contributed by atoms with Crippen molar-refractivity contribution in [3.8, 4) is 0 Å². The van der Waals surface area contributed by atoms with Gasteiger partial charge in [0, 0.05) is 26.1 Å². The SMILES string of the molecule is CCN1C(=O)N[C@H](c2ccccc2C(F)(F)F)C2=C1CN([C@H](Cc1ccccc1)C(=O)NCCN(C)C)C2=O. The zero-order valence-electron chi connectivity index (χ0n) is 22.1. The van der Waals surface area contributed by atoms with Crippen LogP contribution in [0.15, 0.2) is 65.9 Å². The predicted octanol–water partition coefficient (Wildman–Crippen LogP) is 3.18. The topological polar surface area (TPSA) is 85.0 Å². The van der Waals surface area contributed by atoms with E-state index in [-0.39, 0.29) is 36.6 Å². The fraction of sp³-hybridized carbons (Fsp3) is 0.393. The van der Waals surface area contributed by atoms with Gasteiger partial charge in [0.25, 0.3) is 5.91 Å². The molecule has 2 aromatic carbocycles. The van der Waals surface area contributed by atoms with Gasteiger partial charge in [0.2, 0.25) is 5.91 Å². The molecule has 208 valence electrons. The van der Waals surface area contributed by atoms with E-state index >= 15 is 0 Å². The lowest BCUT2D eigenvalue weighted by Gasteiger charge is -2.33. The van der Waals surface area contributed by atoms with Crippen LogP contribution in [0.4, 0.5) is 18.0 Å². The predicted molar refractivity (Wildman–Crippen MR) is 139 cm³/mol. The molecule has 0 fully saturated rings. The molecule has 0 aliphatic carbocycles. The number of hydrogen-bond acceptors (Lipinski definition) is 4. The molecule has 0 unspecified atom stereocenters. The summed E-state index contributed by atoms with van der Waals surface area (Å²) in [6.45, 7) is 2.80. The minimum Gasteiger partial charge on any atom is -0.353 e. The number of urea groups is 1. The van der Waals surface area contributed by atoms with Crippen molar-refractivity contribution in [3.05, 3.63) is 82.6 Å². The van der Waals surface area contributed by atoms with Crippen LogP contribution in [-0.2, 0) is 22.2 Å². The van der Waals surface area contributed by atoms with E-state index in [4.69, 9.17) is 0 Å². The molecule has 8 nitrogen and oxygen atoms in total. The highest BCUT2D eigenvalue weighted by Gasteiger charge is 2.48. The Hall–Kier alpha value is -3.86. The van der Waals surface area contributed by atoms with Crippen LogP contribution < -0.4 is 10.6 Å². The molecule has 2 atom stereocenters. The Bertz CT molecular complexity index is 1260. The number of nitrogens with one attached hydrogen (secondary N) is 2. The van der Waals surface area contributed by atoms with Crippen molar-refractivity contribution in [1.29, 1.82) is 0 Å². The molecule has 11 heteroatoms. The van der Waals surface area contributed by atoms with Crippen LogP contribution in [0.2, 0.25) is 0 Å². The molecule has 39 heavy (non-hydrogen) atoms. The number of likely N-dealkylation sites (N-methyl/N-ethyl adjacent to an activating group) is 2. The first-order valence-corrected chi connectivity index (χ1v) is 12.8. The van der Waals surface area contributed by atoms with Gasteiger partial charge in [-0.3, -0.25) is 14.5 Å². The molecule has 0 bridgehead atoms. The van der Waals surface area contributed by atoms with Crippen LogP contribution in [0, 0.1) is 0 Å². The lowest BCUT2D eigenvalue weighted by Crippen LogP contribution is -2.50. The van der Waals surface area contributed by atoms with Gasteiger partial charge in [-0.1, -0.05) is 48.5 Å². The van der Waals surface area contributed by atoms with Crippen LogP contribution in [-0.4, -0.2) is 78.9 Å². The number of amides is 4. The van der Waals surface area contributed by atoms with Gasteiger partial charge < -0.3 is 20.4 Å². The third kappa shape index (κ3) is 5.93. The summed E-state index contributed by atoms with van der Waals surface area (Å²) in [6.07, 6.45) is -4.48. The van der Waals surface area contributed by atoms with E-state index in [2.05, 4.69) is 10.6 Å². The number of halogens is 3. The van der Waals surface area contributed by atoms with E-state index in [1.807, 2.05) is 49.3 Å². The minimum absolute atomic E-state index is 0.0484. The van der Waals surface area contributed by atoms with E-state index in [0.29, 0.717) is 18.8 Å². The molecule has 2 heterocycles. The van der Waals surface area contributed by atoms with Crippen molar-refractivity contribution < 1.29 is 27.6 Å². The van der Waals surface area contributed by atoms with E-state index in [1.165, 1.54) is 28.0 Å². The molecule has 0 saturated carbocycles. The fourth-order valence-corrected chi connectivity index (χ4v) is 5.04. The maximum Gasteiger partial charge on any atom is 0.416 e. The molecule has 4 rings (SSSR count). The van der Waals surface area contributed by atoms with Crippen molar-refractivity contribution in [1.82, 2.24) is 25.3 Å². The first kappa shape index (κ1) is 28.2. The Balaban J connectivity index is 1.73. The van der Waals surface area contributed by atoms with E-state index in [9.17, 15) is 27.6 Å². The Morgan fingerprint density at radius 1 is 1.10 bits per heavy atom. The standard InChI is InChI=1S/C28H32F3N5O3/c1-4-35-22-17-36(21(16-18-10-6-5-7-11-18)25(37)32-14-15-34(2)3)26(38)23(22)24(33-27(35)39)19-12-8-9-13-20(19)28(29,30)31/h5-13,21,24H,4,14-17H2,1-3H3,(H,32,37)(H,33,39)/t21-,24-/m1/s1. The Kier molecular flexibility index (Phi) is 8.29.